The van der Waals surface area contributed by atoms with Crippen LogP contribution < -0.4 is 0 Å². The number of hydrogen-bond donors (Lipinski definition) is 2. The molecule has 0 spiro atoms. The number of hydrogen-bond acceptors (Lipinski definition) is 4. The van der Waals surface area contributed by atoms with E-state index >= 15 is 0 Å². The molecule has 27 heavy (non-hydrogen) atoms. The van der Waals surface area contributed by atoms with Gasteiger partial charge in [-0.2, -0.15) is 5.10 Å². The van der Waals surface area contributed by atoms with Crippen LogP contribution in [0.5, 0.6) is 0 Å². The van der Waals surface area contributed by atoms with Crippen LogP contribution in [0, 0.1) is 11.3 Å². The normalized spacial score (nSPS) is 17.7. The summed E-state index contributed by atoms with van der Waals surface area (Å²) < 4.78 is 0. The highest BCUT2D eigenvalue weighted by atomic mass is 35.5. The average molecular weight is 393 g/mol. The van der Waals surface area contributed by atoms with Gasteiger partial charge in [-0.15, -0.1) is 0 Å². The molecule has 0 radical (unpaired) electrons. The van der Waals surface area contributed by atoms with Crippen LogP contribution in [0.25, 0.3) is 10.9 Å². The number of carbonyl (C=O) groups is 1. The van der Waals surface area contributed by atoms with Crippen LogP contribution in [0.15, 0.2) is 18.3 Å². The number of H-pyrrole nitrogens is 1. The van der Waals surface area contributed by atoms with E-state index in [0.29, 0.717) is 17.5 Å². The van der Waals surface area contributed by atoms with Crippen LogP contribution in [0.2, 0.25) is 5.02 Å². The number of aromatic amines is 1. The third-order valence-electron chi connectivity index (χ3n) is 5.89. The number of nitrogens with zero attached hydrogens (tertiary/aromatic N) is 3. The van der Waals surface area contributed by atoms with Crippen LogP contribution in [0.4, 0.5) is 0 Å². The predicted octanol–water partition coefficient (Wildman–Crippen LogP) is 3.08. The molecule has 2 aromatic rings. The number of nitrogens with one attached hydrogen (secondary N) is 1. The van der Waals surface area contributed by atoms with Crippen molar-refractivity contribution in [3.05, 3.63) is 28.9 Å². The van der Waals surface area contributed by atoms with Gasteiger partial charge in [0.2, 0.25) is 5.91 Å². The van der Waals surface area contributed by atoms with Crippen molar-refractivity contribution in [1.82, 2.24) is 20.0 Å². The van der Waals surface area contributed by atoms with E-state index in [1.165, 1.54) is 0 Å². The lowest BCUT2D eigenvalue weighted by Crippen LogP contribution is -2.46. The van der Waals surface area contributed by atoms with E-state index in [9.17, 15) is 9.90 Å². The summed E-state index contributed by atoms with van der Waals surface area (Å²) in [7, 11) is 3.82. The lowest BCUT2D eigenvalue weighted by Gasteiger charge is -2.43. The maximum absolute atomic E-state index is 12.3. The molecule has 1 atom stereocenters. The fraction of sp³-hybridized carbons (Fsp3) is 0.600. The van der Waals surface area contributed by atoms with Gasteiger partial charge >= 0.3 is 0 Å². The second-order valence-electron chi connectivity index (χ2n) is 8.45. The molecule has 1 amide bonds. The van der Waals surface area contributed by atoms with Gasteiger partial charge in [-0.05, 0) is 50.4 Å². The quantitative estimate of drug-likeness (QED) is 0.820. The van der Waals surface area contributed by atoms with Crippen LogP contribution in [0.3, 0.4) is 0 Å². The van der Waals surface area contributed by atoms with Gasteiger partial charge in [-0.3, -0.25) is 9.89 Å². The molecule has 1 aliphatic rings. The molecular formula is C20H29ClN4O2. The van der Waals surface area contributed by atoms with Gasteiger partial charge in [0.25, 0.3) is 0 Å². The van der Waals surface area contributed by atoms with Gasteiger partial charge in [0.1, 0.15) is 0 Å². The molecule has 6 nitrogen and oxygen atoms in total. The van der Waals surface area contributed by atoms with E-state index in [0.717, 1.165) is 42.4 Å². The number of benzene rings is 1. The highest BCUT2D eigenvalue weighted by molar-refractivity contribution is 6.31. The van der Waals surface area contributed by atoms with Crippen molar-refractivity contribution in [1.29, 1.82) is 0 Å². The summed E-state index contributed by atoms with van der Waals surface area (Å²) in [6.45, 7) is 6.12. The molecule has 1 aliphatic heterocycles. The van der Waals surface area contributed by atoms with Gasteiger partial charge in [-0.1, -0.05) is 25.4 Å². The number of fused-ring (bicyclic) bond motifs is 1. The van der Waals surface area contributed by atoms with E-state index in [4.69, 9.17) is 11.6 Å². The fourth-order valence-electron chi connectivity index (χ4n) is 4.13. The Bertz CT molecular complexity index is 809. The third kappa shape index (κ3) is 4.13. The predicted molar refractivity (Wildman–Crippen MR) is 108 cm³/mol. The third-order valence-corrected chi connectivity index (χ3v) is 6.11. The molecule has 3 rings (SSSR count). The minimum Gasteiger partial charge on any atom is -0.388 e. The summed E-state index contributed by atoms with van der Waals surface area (Å²) >= 11 is 6.26. The minimum absolute atomic E-state index is 0.172. The second kappa shape index (κ2) is 7.78. The fourth-order valence-corrected chi connectivity index (χ4v) is 4.37. The topological polar surface area (TPSA) is 72.5 Å². The molecule has 1 aromatic heterocycles. The van der Waals surface area contributed by atoms with E-state index in [2.05, 4.69) is 24.0 Å². The zero-order valence-corrected chi connectivity index (χ0v) is 17.3. The summed E-state index contributed by atoms with van der Waals surface area (Å²) in [6, 6.07) is 3.67. The molecule has 1 fully saturated rings. The lowest BCUT2D eigenvalue weighted by atomic mass is 9.68. The molecule has 0 aliphatic carbocycles. The first-order valence-corrected chi connectivity index (χ1v) is 9.81. The lowest BCUT2D eigenvalue weighted by molar-refractivity contribution is -0.134. The van der Waals surface area contributed by atoms with Crippen molar-refractivity contribution in [3.8, 4) is 0 Å². The van der Waals surface area contributed by atoms with Crippen molar-refractivity contribution < 1.29 is 9.90 Å². The highest BCUT2D eigenvalue weighted by Crippen LogP contribution is 2.46. The molecule has 0 saturated carbocycles. The first-order chi connectivity index (χ1) is 12.7. The summed E-state index contributed by atoms with van der Waals surface area (Å²) in [5.41, 5.74) is 1.27. The Balaban J connectivity index is 1.74. The van der Waals surface area contributed by atoms with Crippen molar-refractivity contribution in [3.63, 3.8) is 0 Å². The Morgan fingerprint density at radius 2 is 2.07 bits per heavy atom. The minimum atomic E-state index is -0.673. The Hall–Kier alpha value is -1.63. The largest absolute Gasteiger partial charge is 0.388 e. The van der Waals surface area contributed by atoms with Gasteiger partial charge in [0.15, 0.2) is 0 Å². The Morgan fingerprint density at radius 3 is 2.70 bits per heavy atom. The van der Waals surface area contributed by atoms with Crippen LogP contribution in [0.1, 0.15) is 38.4 Å². The van der Waals surface area contributed by atoms with Gasteiger partial charge in [0, 0.05) is 29.1 Å². The average Bonchev–Trinajstić information content (AvgIpc) is 3.08. The van der Waals surface area contributed by atoms with E-state index in [1.807, 2.05) is 36.0 Å². The number of piperidine rings is 1. The van der Waals surface area contributed by atoms with Crippen molar-refractivity contribution in [2.24, 2.45) is 11.3 Å². The standard InChI is InChI=1S/C20H29ClN4O2/c1-20(2,14-5-7-25(8-6-14)17(26)12-24(3)4)19(27)16-10-15(21)9-13-11-22-23-18(13)16/h9-11,14,19,27H,5-8,12H2,1-4H3,(H,22,23). The van der Waals surface area contributed by atoms with Crippen LogP contribution in [-0.2, 0) is 4.79 Å². The smallest absolute Gasteiger partial charge is 0.236 e. The summed E-state index contributed by atoms with van der Waals surface area (Å²) in [5, 5.41) is 19.8. The number of rotatable bonds is 5. The van der Waals surface area contributed by atoms with Crippen LogP contribution >= 0.6 is 11.6 Å². The molecule has 1 unspecified atom stereocenters. The Morgan fingerprint density at radius 1 is 1.41 bits per heavy atom. The number of carbonyl (C=O) groups excluding carboxylic acids is 1. The molecule has 2 N–H and O–H groups in total. The Kier molecular flexibility index (Phi) is 5.79. The first kappa shape index (κ1) is 20.1. The van der Waals surface area contributed by atoms with Crippen molar-refractivity contribution in [2.45, 2.75) is 32.8 Å². The zero-order valence-electron chi connectivity index (χ0n) is 16.5. The summed E-state index contributed by atoms with van der Waals surface area (Å²) in [4.78, 5) is 16.1. The molecule has 1 saturated heterocycles. The van der Waals surface area contributed by atoms with Crippen LogP contribution in [-0.4, -0.2) is 64.7 Å². The maximum Gasteiger partial charge on any atom is 0.236 e. The van der Waals surface area contributed by atoms with Gasteiger partial charge < -0.3 is 14.9 Å². The van der Waals surface area contributed by atoms with E-state index < -0.39 is 6.10 Å². The number of aliphatic hydroxyl groups excluding tert-OH is 1. The molecule has 0 bridgehead atoms. The molecule has 1 aromatic carbocycles. The Labute approximate surface area is 165 Å². The molecule has 148 valence electrons. The van der Waals surface area contributed by atoms with E-state index in [-0.39, 0.29) is 11.3 Å². The highest BCUT2D eigenvalue weighted by Gasteiger charge is 2.40. The summed E-state index contributed by atoms with van der Waals surface area (Å²) in [5.74, 6) is 0.485. The van der Waals surface area contributed by atoms with Gasteiger partial charge in [0.05, 0.1) is 24.4 Å². The number of likely N-dealkylation sites (tertiary alicyclic amines) is 1. The zero-order chi connectivity index (χ0) is 19.8. The van der Waals surface area contributed by atoms with Crippen molar-refractivity contribution in [2.75, 3.05) is 33.7 Å². The number of halogens is 1. The molecule has 7 heteroatoms. The number of aromatic nitrogens is 2. The van der Waals surface area contributed by atoms with Crippen molar-refractivity contribution >= 4 is 28.4 Å². The van der Waals surface area contributed by atoms with Gasteiger partial charge in [-0.25, -0.2) is 0 Å². The molecular weight excluding hydrogens is 364 g/mol. The number of aliphatic hydroxyl groups is 1. The summed E-state index contributed by atoms with van der Waals surface area (Å²) in [6.07, 6.45) is 2.82. The number of amides is 1. The SMILES string of the molecule is CN(C)CC(=O)N1CCC(C(C)(C)C(O)c2cc(Cl)cc3cn[nH]c23)CC1. The first-order valence-electron chi connectivity index (χ1n) is 9.43. The second-order valence-corrected chi connectivity index (χ2v) is 8.88. The maximum atomic E-state index is 12.3. The monoisotopic (exact) mass is 392 g/mol. The number of likely N-dealkylation sites (N-methyl/N-ethyl adjacent to an activating group) is 1. The molecule has 2 heterocycles. The van der Waals surface area contributed by atoms with E-state index in [1.54, 1.807) is 6.20 Å².